The van der Waals surface area contributed by atoms with E-state index in [1.54, 1.807) is 0 Å². The van der Waals surface area contributed by atoms with E-state index in [0.29, 0.717) is 77.0 Å². The van der Waals surface area contributed by atoms with Crippen LogP contribution in [-0.4, -0.2) is 208 Å². The summed E-state index contributed by atoms with van der Waals surface area (Å²) in [6.07, 6.45) is -0.340. The molecule has 79 heavy (non-hydrogen) atoms. The molecular formula is C59H84O20. The highest BCUT2D eigenvalue weighted by molar-refractivity contribution is 5.79. The summed E-state index contributed by atoms with van der Waals surface area (Å²) < 4.78 is 95.2. The number of fused-ring (bicyclic) bond motifs is 10. The largest absolute Gasteiger partial charge is 0.394 e. The summed E-state index contributed by atoms with van der Waals surface area (Å²) in [7, 11) is 0. The number of ether oxygens (including phenoxy) is 14. The average Bonchev–Trinajstić information content (AvgIpc) is 2.16. The maximum absolute atomic E-state index is 14.6. The van der Waals surface area contributed by atoms with E-state index in [1.807, 2.05) is 0 Å². The van der Waals surface area contributed by atoms with E-state index in [0.717, 1.165) is 36.8 Å². The predicted molar refractivity (Wildman–Crippen MR) is 270 cm³/mol. The van der Waals surface area contributed by atoms with Gasteiger partial charge in [-0.2, -0.15) is 0 Å². The molecule has 0 aromatic carbocycles. The first kappa shape index (κ1) is 54.1. The number of Topliss-reactive ketones (excluding diaryl/α,β-unsaturated/α-hetero) is 1. The van der Waals surface area contributed by atoms with Crippen molar-refractivity contribution >= 4 is 5.78 Å². The van der Waals surface area contributed by atoms with Crippen LogP contribution in [0.2, 0.25) is 0 Å². The van der Waals surface area contributed by atoms with E-state index in [1.165, 1.54) is 0 Å². The summed E-state index contributed by atoms with van der Waals surface area (Å²) in [4.78, 5) is 14.6. The molecular weight excluding hydrogens is 1030 g/mol. The van der Waals surface area contributed by atoms with Gasteiger partial charge in [-0.3, -0.25) is 4.79 Å². The van der Waals surface area contributed by atoms with Gasteiger partial charge in [-0.25, -0.2) is 0 Å². The number of aliphatic hydroxyl groups excluding tert-OH is 4. The molecule has 12 bridgehead atoms. The molecule has 16 aliphatic heterocycles. The first-order valence-corrected chi connectivity index (χ1v) is 30.5. The number of carbonyl (C=O) groups excluding carboxylic acids is 1. The van der Waals surface area contributed by atoms with Crippen molar-refractivity contribution in [3.05, 3.63) is 24.3 Å². The highest BCUT2D eigenvalue weighted by Crippen LogP contribution is 2.59. The molecule has 16 fully saturated rings. The Labute approximate surface area is 461 Å². The van der Waals surface area contributed by atoms with Crippen LogP contribution in [0.1, 0.15) is 142 Å². The Kier molecular flexibility index (Phi) is 13.7. The van der Waals surface area contributed by atoms with Crippen LogP contribution in [0.3, 0.4) is 0 Å². The lowest BCUT2D eigenvalue weighted by atomic mass is 9.78. The summed E-state index contributed by atoms with van der Waals surface area (Å²) in [5, 5.41) is 54.0. The van der Waals surface area contributed by atoms with E-state index in [9.17, 15) is 30.3 Å². The molecule has 20 heteroatoms. The van der Waals surface area contributed by atoms with Crippen molar-refractivity contribution in [2.45, 2.75) is 312 Å². The first-order chi connectivity index (χ1) is 37.9. The Morgan fingerprint density at radius 1 is 0.570 bits per heavy atom. The van der Waals surface area contributed by atoms with Crippen LogP contribution in [0.15, 0.2) is 24.3 Å². The molecule has 0 amide bonds. The fourth-order valence-electron chi connectivity index (χ4n) is 17.9. The maximum Gasteiger partial charge on any atom is 0.227 e. The van der Waals surface area contributed by atoms with Gasteiger partial charge in [0.25, 0.3) is 0 Å². The van der Waals surface area contributed by atoms with Gasteiger partial charge in [0.15, 0.2) is 17.7 Å². The van der Waals surface area contributed by atoms with Crippen LogP contribution in [-0.2, 0) is 71.1 Å². The number of hydrogen-bond acceptors (Lipinski definition) is 20. The molecule has 0 aromatic rings. The van der Waals surface area contributed by atoms with Crippen LogP contribution in [0.4, 0.5) is 0 Å². The summed E-state index contributed by atoms with van der Waals surface area (Å²) in [5.41, 5.74) is 2.07. The smallest absolute Gasteiger partial charge is 0.227 e. The molecule has 0 aliphatic carbocycles. The van der Waals surface area contributed by atoms with Crippen molar-refractivity contribution in [2.75, 3.05) is 6.61 Å². The van der Waals surface area contributed by atoms with Crippen molar-refractivity contribution in [3.63, 3.8) is 0 Å². The second-order valence-electron chi connectivity index (χ2n) is 27.2. The standard InChI is InChI=1S/C59H84O20/c1-26-13-33-5-7-37-27(2)14-35(66-37)9-12-58-55(64)59(65)54(79-58)53-52(78-59)51(77-58)50-39(71-53)8-6-34(68-50)17-31(61)15-30-16-43-44(69-41(30)19-40(67-33)29(26)4)21-45-47(70-43)23-57(74-45)24-48-38(73-57)10-11-56(76-48)22-28(3)49-46(75-56)20-42(72-49)36(63)18-32(62)25-60/h26,28,30,32-55,60,62-65H,2,4-25H2,1,3H3/t26-,28+,30-,32-,33+,34-,35+,36+,37+,38+,39+,40-,41+,42+,43?,44+,45-,46+,47?,48+,49+,50+,51+,52+,53-,54?,55+,56+,57-,58-,59-/m1/s1. The zero-order valence-corrected chi connectivity index (χ0v) is 45.7. The van der Waals surface area contributed by atoms with Crippen LogP contribution < -0.4 is 0 Å². The van der Waals surface area contributed by atoms with Crippen LogP contribution in [0, 0.1) is 17.8 Å². The van der Waals surface area contributed by atoms with Gasteiger partial charge in [-0.1, -0.05) is 27.0 Å². The maximum atomic E-state index is 14.6. The molecule has 440 valence electrons. The van der Waals surface area contributed by atoms with Gasteiger partial charge < -0.3 is 91.8 Å². The highest BCUT2D eigenvalue weighted by atomic mass is 16.8. The third kappa shape index (κ3) is 9.20. The molecule has 0 aromatic heterocycles. The average molecular weight is 1110 g/mol. The minimum absolute atomic E-state index is 0.0309. The summed E-state index contributed by atoms with van der Waals surface area (Å²) >= 11 is 0. The van der Waals surface area contributed by atoms with Gasteiger partial charge in [0, 0.05) is 70.6 Å². The number of rotatable bonds is 4. The van der Waals surface area contributed by atoms with Crippen molar-refractivity contribution < 1.29 is 96.6 Å². The third-order valence-corrected chi connectivity index (χ3v) is 21.9. The SMILES string of the molecule is C=C1C[C@@H]2CC[C@]34OC5[C@@H]6O[C@H]7CC[C@H](CC(=O)C[C@@H]8CC9OC%10C[C@]%11(C[C@@H]%12O[C@@]%13(CC[C@@H]%12O%11)C[C@H](C)[C@@H]%11O[C@H]([C@@H](O)C[C@@H](O)CO)C[C@@H]%11O%13)O[C@@H]%10C[C@@H]9O[C@H]8C[C@H]8O[C@@H](CC[C@@H]1O2)C[C@@H](C)C8=C)O[C@@H]7[C@H](O3)[C@@H]6O[C@@]5(O)[C@H]4O. The number of aliphatic hydroxyl groups is 5. The number of ketones is 1. The lowest BCUT2D eigenvalue weighted by molar-refractivity contribution is -0.339. The van der Waals surface area contributed by atoms with Crippen molar-refractivity contribution in [2.24, 2.45) is 17.8 Å². The van der Waals surface area contributed by atoms with Crippen molar-refractivity contribution in [3.8, 4) is 0 Å². The second-order valence-corrected chi connectivity index (χ2v) is 27.2. The molecule has 31 atom stereocenters. The molecule has 0 radical (unpaired) electrons. The summed E-state index contributed by atoms with van der Waals surface area (Å²) in [6, 6.07) is 0. The van der Waals surface area contributed by atoms with Gasteiger partial charge in [0.2, 0.25) is 11.6 Å². The van der Waals surface area contributed by atoms with Gasteiger partial charge in [0.05, 0.1) is 116 Å². The van der Waals surface area contributed by atoms with Crippen LogP contribution >= 0.6 is 0 Å². The molecule has 16 rings (SSSR count). The molecule has 16 saturated heterocycles. The van der Waals surface area contributed by atoms with Crippen LogP contribution in [0.5, 0.6) is 0 Å². The Morgan fingerprint density at radius 2 is 1.32 bits per heavy atom. The Bertz CT molecular complexity index is 2360. The van der Waals surface area contributed by atoms with Gasteiger partial charge in [-0.05, 0) is 86.7 Å². The quantitative estimate of drug-likeness (QED) is 0.253. The molecule has 5 N–H and O–H groups in total. The van der Waals surface area contributed by atoms with Gasteiger partial charge >= 0.3 is 0 Å². The number of hydrogen-bond donors (Lipinski definition) is 5. The molecule has 3 unspecified atom stereocenters. The zero-order valence-electron chi connectivity index (χ0n) is 45.7. The molecule has 20 nitrogen and oxygen atoms in total. The van der Waals surface area contributed by atoms with Crippen LogP contribution in [0.25, 0.3) is 0 Å². The number of carbonyl (C=O) groups is 1. The van der Waals surface area contributed by atoms with E-state index in [-0.39, 0.29) is 135 Å². The Balaban J connectivity index is 0.646. The Morgan fingerprint density at radius 3 is 2.18 bits per heavy atom. The lowest BCUT2D eigenvalue weighted by Gasteiger charge is -2.49. The third-order valence-electron chi connectivity index (χ3n) is 21.9. The second kappa shape index (κ2) is 20.0. The van der Waals surface area contributed by atoms with Gasteiger partial charge in [0.1, 0.15) is 36.3 Å². The lowest BCUT2D eigenvalue weighted by Crippen LogP contribution is -2.63. The van der Waals surface area contributed by atoms with E-state index < -0.39 is 90.8 Å². The van der Waals surface area contributed by atoms with Crippen molar-refractivity contribution in [1.29, 1.82) is 0 Å². The molecule has 3 spiro atoms. The monoisotopic (exact) mass is 1110 g/mol. The zero-order chi connectivity index (χ0) is 54.1. The van der Waals surface area contributed by atoms with Crippen molar-refractivity contribution in [1.82, 2.24) is 0 Å². The van der Waals surface area contributed by atoms with Gasteiger partial charge in [-0.15, -0.1) is 0 Å². The first-order valence-electron chi connectivity index (χ1n) is 30.5. The fraction of sp³-hybridized carbons (Fsp3) is 0.915. The minimum atomic E-state index is -2.01. The highest BCUT2D eigenvalue weighted by Gasteiger charge is 2.79. The van der Waals surface area contributed by atoms with E-state index >= 15 is 0 Å². The summed E-state index contributed by atoms with van der Waals surface area (Å²) in [5.74, 6) is -5.06. The van der Waals surface area contributed by atoms with E-state index in [4.69, 9.17) is 66.3 Å². The fourth-order valence-corrected chi connectivity index (χ4v) is 17.9. The molecule has 16 heterocycles. The molecule has 16 aliphatic rings. The predicted octanol–water partition coefficient (Wildman–Crippen LogP) is 3.39. The topological polar surface area (TPSA) is 247 Å². The molecule has 0 saturated carbocycles. The minimum Gasteiger partial charge on any atom is -0.394 e. The van der Waals surface area contributed by atoms with E-state index in [2.05, 4.69) is 27.0 Å². The normalized spacial score (nSPS) is 57.3. The Hall–Kier alpha value is -1.61. The summed E-state index contributed by atoms with van der Waals surface area (Å²) in [6.45, 7) is 13.0.